The minimum Gasteiger partial charge on any atom is -0.481 e. The van der Waals surface area contributed by atoms with Crippen molar-refractivity contribution < 1.29 is 9.90 Å². The van der Waals surface area contributed by atoms with Crippen molar-refractivity contribution in [2.24, 2.45) is 5.73 Å². The van der Waals surface area contributed by atoms with Crippen molar-refractivity contribution in [3.05, 3.63) is 34.9 Å². The lowest BCUT2D eigenvalue weighted by molar-refractivity contribution is -0.148. The number of benzene rings is 1. The molecule has 0 saturated heterocycles. The largest absolute Gasteiger partial charge is 0.481 e. The summed E-state index contributed by atoms with van der Waals surface area (Å²) in [6, 6.07) is 5.92. The van der Waals surface area contributed by atoms with Gasteiger partial charge < -0.3 is 10.8 Å². The molecular weight excluding hydrogens is 202 g/mol. The van der Waals surface area contributed by atoms with E-state index in [0.29, 0.717) is 12.8 Å². The second kappa shape index (κ2) is 3.59. The molecule has 2 rings (SSSR count). The van der Waals surface area contributed by atoms with Crippen LogP contribution in [-0.4, -0.2) is 17.1 Å². The molecule has 16 heavy (non-hydrogen) atoms. The number of carboxylic acids is 1. The van der Waals surface area contributed by atoms with Gasteiger partial charge in [-0.15, -0.1) is 0 Å². The van der Waals surface area contributed by atoms with Gasteiger partial charge in [-0.25, -0.2) is 0 Å². The van der Waals surface area contributed by atoms with E-state index in [-0.39, 0.29) is 6.04 Å². The molecule has 0 bridgehead atoms. The third-order valence-corrected chi connectivity index (χ3v) is 3.59. The first-order valence-corrected chi connectivity index (χ1v) is 5.53. The molecule has 1 aromatic rings. The molecule has 0 spiro atoms. The van der Waals surface area contributed by atoms with Crippen molar-refractivity contribution in [2.45, 2.75) is 38.1 Å². The van der Waals surface area contributed by atoms with Crippen molar-refractivity contribution in [1.82, 2.24) is 0 Å². The predicted molar refractivity (Wildman–Crippen MR) is 62.4 cm³/mol. The summed E-state index contributed by atoms with van der Waals surface area (Å²) in [5.74, 6) is -0.744. The second-order valence-electron chi connectivity index (χ2n) is 4.82. The fourth-order valence-electron chi connectivity index (χ4n) is 2.89. The van der Waals surface area contributed by atoms with E-state index in [1.807, 2.05) is 32.0 Å². The molecule has 1 saturated carbocycles. The van der Waals surface area contributed by atoms with E-state index < -0.39 is 11.4 Å². The van der Waals surface area contributed by atoms with Crippen LogP contribution in [0.15, 0.2) is 18.2 Å². The summed E-state index contributed by atoms with van der Waals surface area (Å²) in [6.45, 7) is 3.94. The van der Waals surface area contributed by atoms with E-state index in [9.17, 15) is 9.90 Å². The van der Waals surface area contributed by atoms with Gasteiger partial charge in [0, 0.05) is 6.04 Å². The van der Waals surface area contributed by atoms with Gasteiger partial charge in [0.1, 0.15) is 0 Å². The van der Waals surface area contributed by atoms with Gasteiger partial charge >= 0.3 is 5.97 Å². The molecule has 3 heteroatoms. The standard InChI is InChI=1S/C13H17NO2/c1-8-4-3-5-9(2)11(8)13(12(15)16)6-10(14)7-13/h3-5,10H,6-7,14H2,1-2H3,(H,15,16). The van der Waals surface area contributed by atoms with Crippen LogP contribution in [0.1, 0.15) is 29.5 Å². The smallest absolute Gasteiger partial charge is 0.314 e. The number of nitrogens with two attached hydrogens (primary N) is 1. The van der Waals surface area contributed by atoms with E-state index in [2.05, 4.69) is 0 Å². The minimum atomic E-state index is -0.744. The molecular formula is C13H17NO2. The van der Waals surface area contributed by atoms with Crippen molar-refractivity contribution >= 4 is 5.97 Å². The lowest BCUT2D eigenvalue weighted by Crippen LogP contribution is -2.54. The normalized spacial score (nSPS) is 28.6. The summed E-state index contributed by atoms with van der Waals surface area (Å²) in [5, 5.41) is 9.45. The summed E-state index contributed by atoms with van der Waals surface area (Å²) in [4.78, 5) is 11.5. The first kappa shape index (κ1) is 11.1. The van der Waals surface area contributed by atoms with Gasteiger partial charge in [-0.3, -0.25) is 4.79 Å². The van der Waals surface area contributed by atoms with E-state index in [4.69, 9.17) is 5.73 Å². The lowest BCUT2D eigenvalue weighted by Gasteiger charge is -2.44. The number of hydrogen-bond acceptors (Lipinski definition) is 2. The summed E-state index contributed by atoms with van der Waals surface area (Å²) < 4.78 is 0. The molecule has 0 aromatic heterocycles. The van der Waals surface area contributed by atoms with Gasteiger partial charge in [-0.05, 0) is 43.4 Å². The Morgan fingerprint density at radius 3 is 2.25 bits per heavy atom. The number of aliphatic carboxylic acids is 1. The highest BCUT2D eigenvalue weighted by Gasteiger charge is 2.51. The molecule has 0 unspecified atom stereocenters. The maximum absolute atomic E-state index is 11.5. The van der Waals surface area contributed by atoms with Crippen LogP contribution in [0.5, 0.6) is 0 Å². The summed E-state index contributed by atoms with van der Waals surface area (Å²) in [5.41, 5.74) is 8.09. The topological polar surface area (TPSA) is 63.3 Å². The lowest BCUT2D eigenvalue weighted by atomic mass is 9.60. The highest BCUT2D eigenvalue weighted by atomic mass is 16.4. The van der Waals surface area contributed by atoms with Gasteiger partial charge in [0.2, 0.25) is 0 Å². The Morgan fingerprint density at radius 1 is 1.38 bits per heavy atom. The Bertz CT molecular complexity index is 413. The average Bonchev–Trinajstić information content (AvgIpc) is 2.13. The molecule has 0 heterocycles. The fourth-order valence-corrected chi connectivity index (χ4v) is 2.89. The maximum Gasteiger partial charge on any atom is 0.314 e. The zero-order valence-electron chi connectivity index (χ0n) is 9.66. The summed E-state index contributed by atoms with van der Waals surface area (Å²) >= 11 is 0. The minimum absolute atomic E-state index is 0.0232. The zero-order chi connectivity index (χ0) is 11.9. The number of rotatable bonds is 2. The van der Waals surface area contributed by atoms with Crippen LogP contribution in [0, 0.1) is 13.8 Å². The summed E-state index contributed by atoms with van der Waals surface area (Å²) in [6.07, 6.45) is 1.10. The van der Waals surface area contributed by atoms with Crippen LogP contribution in [0.25, 0.3) is 0 Å². The van der Waals surface area contributed by atoms with Gasteiger partial charge in [0.25, 0.3) is 0 Å². The predicted octanol–water partition coefficient (Wildman–Crippen LogP) is 1.75. The number of hydrogen-bond donors (Lipinski definition) is 2. The van der Waals surface area contributed by atoms with Crippen LogP contribution in [0.3, 0.4) is 0 Å². The molecule has 1 aromatic carbocycles. The molecule has 1 fully saturated rings. The molecule has 3 nitrogen and oxygen atoms in total. The van der Waals surface area contributed by atoms with Crippen molar-refractivity contribution in [3.8, 4) is 0 Å². The highest BCUT2D eigenvalue weighted by Crippen LogP contribution is 2.45. The Balaban J connectivity index is 2.53. The van der Waals surface area contributed by atoms with Crippen LogP contribution in [-0.2, 0) is 10.2 Å². The molecule has 3 N–H and O–H groups in total. The Kier molecular flexibility index (Phi) is 2.50. The number of carboxylic acid groups (broad SMARTS) is 1. The Labute approximate surface area is 95.3 Å². The third-order valence-electron chi connectivity index (χ3n) is 3.59. The average molecular weight is 219 g/mol. The molecule has 0 radical (unpaired) electrons. The Morgan fingerprint density at radius 2 is 1.88 bits per heavy atom. The number of carbonyl (C=O) groups is 1. The maximum atomic E-state index is 11.5. The highest BCUT2D eigenvalue weighted by molar-refractivity contribution is 5.84. The van der Waals surface area contributed by atoms with E-state index in [1.54, 1.807) is 0 Å². The first-order chi connectivity index (χ1) is 7.47. The molecule has 1 aliphatic rings. The monoisotopic (exact) mass is 219 g/mol. The van der Waals surface area contributed by atoms with Crippen molar-refractivity contribution in [3.63, 3.8) is 0 Å². The van der Waals surface area contributed by atoms with Crippen molar-refractivity contribution in [1.29, 1.82) is 0 Å². The molecule has 1 aliphatic carbocycles. The van der Waals surface area contributed by atoms with E-state index in [0.717, 1.165) is 16.7 Å². The second-order valence-corrected chi connectivity index (χ2v) is 4.82. The first-order valence-electron chi connectivity index (χ1n) is 5.53. The van der Waals surface area contributed by atoms with E-state index in [1.165, 1.54) is 0 Å². The van der Waals surface area contributed by atoms with Crippen LogP contribution < -0.4 is 5.73 Å². The molecule has 0 atom stereocenters. The molecule has 0 amide bonds. The fraction of sp³-hybridized carbons (Fsp3) is 0.462. The molecule has 0 aliphatic heterocycles. The third kappa shape index (κ3) is 1.43. The van der Waals surface area contributed by atoms with Crippen LogP contribution in [0.2, 0.25) is 0 Å². The Hall–Kier alpha value is -1.35. The van der Waals surface area contributed by atoms with Gasteiger partial charge in [-0.1, -0.05) is 18.2 Å². The van der Waals surface area contributed by atoms with Gasteiger partial charge in [0.15, 0.2) is 0 Å². The van der Waals surface area contributed by atoms with Crippen LogP contribution >= 0.6 is 0 Å². The van der Waals surface area contributed by atoms with Crippen LogP contribution in [0.4, 0.5) is 0 Å². The molecule has 86 valence electrons. The van der Waals surface area contributed by atoms with Gasteiger partial charge in [0.05, 0.1) is 5.41 Å². The quantitative estimate of drug-likeness (QED) is 0.796. The van der Waals surface area contributed by atoms with Crippen molar-refractivity contribution in [2.75, 3.05) is 0 Å². The SMILES string of the molecule is Cc1cccc(C)c1C1(C(=O)O)CC(N)C1. The summed E-state index contributed by atoms with van der Waals surface area (Å²) in [7, 11) is 0. The zero-order valence-corrected chi connectivity index (χ0v) is 9.66. The van der Waals surface area contributed by atoms with Gasteiger partial charge in [-0.2, -0.15) is 0 Å². The number of aryl methyl sites for hydroxylation is 2. The van der Waals surface area contributed by atoms with E-state index >= 15 is 0 Å².